The second-order valence-electron chi connectivity index (χ2n) is 6.89. The van der Waals surface area contributed by atoms with Crippen LogP contribution in [0.5, 0.6) is 0 Å². The summed E-state index contributed by atoms with van der Waals surface area (Å²) >= 11 is 0. The normalized spacial score (nSPS) is 15.9. The highest BCUT2D eigenvalue weighted by Gasteiger charge is 2.27. The van der Waals surface area contributed by atoms with Gasteiger partial charge in [-0.2, -0.15) is 5.10 Å². The Hall–Kier alpha value is -2.63. The number of hydrogen-bond donors (Lipinski definition) is 0. The molecule has 1 saturated heterocycles. The van der Waals surface area contributed by atoms with Gasteiger partial charge < -0.3 is 9.30 Å². The topological polar surface area (TPSA) is 55.4 Å². The molecule has 1 amide bonds. The molecule has 130 valence electrons. The molecule has 4 rings (SSSR count). The van der Waals surface area contributed by atoms with Crippen molar-refractivity contribution in [1.82, 2.24) is 24.1 Å². The lowest BCUT2D eigenvalue weighted by molar-refractivity contribution is 0.0711. The summed E-state index contributed by atoms with van der Waals surface area (Å²) in [5.41, 5.74) is 4.98. The van der Waals surface area contributed by atoms with Gasteiger partial charge in [0.2, 0.25) is 0 Å². The molecule has 6 nitrogen and oxygen atoms in total. The van der Waals surface area contributed by atoms with Crippen molar-refractivity contribution >= 4 is 11.4 Å². The zero-order valence-electron chi connectivity index (χ0n) is 14.9. The first-order valence-corrected chi connectivity index (χ1v) is 8.76. The zero-order chi connectivity index (χ0) is 17.6. The maximum Gasteiger partial charge on any atom is 0.257 e. The van der Waals surface area contributed by atoms with Gasteiger partial charge in [-0.05, 0) is 38.8 Å². The number of aromatic nitrogens is 4. The Balaban J connectivity index is 1.49. The van der Waals surface area contributed by atoms with E-state index in [0.29, 0.717) is 11.5 Å². The van der Waals surface area contributed by atoms with Gasteiger partial charge in [-0.15, -0.1) is 0 Å². The predicted octanol–water partition coefficient (Wildman–Crippen LogP) is 2.70. The van der Waals surface area contributed by atoms with E-state index < -0.39 is 0 Å². The van der Waals surface area contributed by atoms with Crippen molar-refractivity contribution in [3.05, 3.63) is 53.4 Å². The maximum absolute atomic E-state index is 12.7. The Kier molecular flexibility index (Phi) is 3.82. The smallest absolute Gasteiger partial charge is 0.257 e. The fourth-order valence-electron chi connectivity index (χ4n) is 3.69. The van der Waals surface area contributed by atoms with E-state index in [1.807, 2.05) is 24.9 Å². The summed E-state index contributed by atoms with van der Waals surface area (Å²) in [6, 6.07) is 4.13. The number of likely N-dealkylation sites (tertiary alicyclic amines) is 1. The molecule has 3 aromatic heterocycles. The quantitative estimate of drug-likeness (QED) is 0.722. The van der Waals surface area contributed by atoms with Gasteiger partial charge in [-0.25, -0.2) is 0 Å². The average Bonchev–Trinajstić information content (AvgIpc) is 3.22. The van der Waals surface area contributed by atoms with E-state index in [1.165, 1.54) is 0 Å². The number of piperidine rings is 1. The van der Waals surface area contributed by atoms with E-state index in [2.05, 4.69) is 34.9 Å². The molecule has 0 N–H and O–H groups in total. The lowest BCUT2D eigenvalue weighted by Gasteiger charge is -2.31. The van der Waals surface area contributed by atoms with Crippen molar-refractivity contribution in [2.24, 2.45) is 7.05 Å². The molecule has 3 aromatic rings. The van der Waals surface area contributed by atoms with Crippen LogP contribution in [-0.4, -0.2) is 43.1 Å². The minimum absolute atomic E-state index is 0.0917. The van der Waals surface area contributed by atoms with Crippen LogP contribution in [0.3, 0.4) is 0 Å². The van der Waals surface area contributed by atoms with Gasteiger partial charge >= 0.3 is 0 Å². The Morgan fingerprint density at radius 2 is 2.00 bits per heavy atom. The molecular weight excluding hydrogens is 314 g/mol. The second kappa shape index (κ2) is 6.02. The second-order valence-corrected chi connectivity index (χ2v) is 6.89. The third kappa shape index (κ3) is 2.71. The lowest BCUT2D eigenvalue weighted by atomic mass is 9.93. The summed E-state index contributed by atoms with van der Waals surface area (Å²) in [7, 11) is 1.86. The number of fused-ring (bicyclic) bond motifs is 1. The van der Waals surface area contributed by atoms with Crippen LogP contribution in [0.1, 0.15) is 46.2 Å². The largest absolute Gasteiger partial charge is 0.338 e. The summed E-state index contributed by atoms with van der Waals surface area (Å²) in [6.07, 6.45) is 7.77. The van der Waals surface area contributed by atoms with Crippen LogP contribution in [0.4, 0.5) is 0 Å². The molecule has 1 aliphatic heterocycles. The molecule has 0 unspecified atom stereocenters. The summed E-state index contributed by atoms with van der Waals surface area (Å²) in [4.78, 5) is 19.5. The fraction of sp³-hybridized carbons (Fsp3) is 0.421. The van der Waals surface area contributed by atoms with Crippen LogP contribution < -0.4 is 0 Å². The van der Waals surface area contributed by atoms with Crippen molar-refractivity contribution in [2.75, 3.05) is 13.1 Å². The van der Waals surface area contributed by atoms with Crippen LogP contribution in [0, 0.1) is 13.8 Å². The molecule has 0 spiro atoms. The maximum atomic E-state index is 12.7. The van der Waals surface area contributed by atoms with Gasteiger partial charge in [-0.1, -0.05) is 0 Å². The van der Waals surface area contributed by atoms with Gasteiger partial charge in [0, 0.05) is 44.1 Å². The van der Waals surface area contributed by atoms with E-state index in [9.17, 15) is 4.79 Å². The third-order valence-electron chi connectivity index (χ3n) is 5.38. The van der Waals surface area contributed by atoms with Gasteiger partial charge in [0.05, 0.1) is 28.7 Å². The minimum Gasteiger partial charge on any atom is -0.338 e. The van der Waals surface area contributed by atoms with Crippen molar-refractivity contribution in [1.29, 1.82) is 0 Å². The fourth-order valence-corrected chi connectivity index (χ4v) is 3.69. The molecule has 0 bridgehead atoms. The number of hydrogen-bond acceptors (Lipinski definition) is 3. The van der Waals surface area contributed by atoms with Crippen LogP contribution in [-0.2, 0) is 7.05 Å². The van der Waals surface area contributed by atoms with Gasteiger partial charge in [0.15, 0.2) is 0 Å². The van der Waals surface area contributed by atoms with E-state index in [-0.39, 0.29) is 5.91 Å². The molecule has 4 heterocycles. The first kappa shape index (κ1) is 15.9. The molecule has 1 aliphatic rings. The van der Waals surface area contributed by atoms with Gasteiger partial charge in [0.25, 0.3) is 5.91 Å². The SMILES string of the molecule is Cc1nc(C2CCN(C(=O)c3cnn(C)c3C)CC2)cn2cccc12. The van der Waals surface area contributed by atoms with Crippen molar-refractivity contribution in [3.8, 4) is 0 Å². The van der Waals surface area contributed by atoms with Crippen LogP contribution >= 0.6 is 0 Å². The molecule has 0 radical (unpaired) electrons. The van der Waals surface area contributed by atoms with Crippen LogP contribution in [0.15, 0.2) is 30.7 Å². The number of rotatable bonds is 2. The molecule has 0 aromatic carbocycles. The monoisotopic (exact) mass is 337 g/mol. The van der Waals surface area contributed by atoms with Crippen molar-refractivity contribution in [3.63, 3.8) is 0 Å². The molecule has 0 aliphatic carbocycles. The Labute approximate surface area is 147 Å². The standard InChI is InChI=1S/C19H23N5O/c1-13-18-5-4-8-24(18)12-17(21-13)15-6-9-23(10-7-15)19(25)16-11-20-22(3)14(16)2/h4-5,8,11-12,15H,6-7,9-10H2,1-3H3. The van der Waals surface area contributed by atoms with Crippen molar-refractivity contribution < 1.29 is 4.79 Å². The average molecular weight is 337 g/mol. The Morgan fingerprint density at radius 1 is 1.24 bits per heavy atom. The van der Waals surface area contributed by atoms with E-state index in [0.717, 1.165) is 48.5 Å². The molecule has 1 fully saturated rings. The zero-order valence-corrected chi connectivity index (χ0v) is 14.9. The van der Waals surface area contributed by atoms with Crippen LogP contribution in [0.2, 0.25) is 0 Å². The third-order valence-corrected chi connectivity index (χ3v) is 5.38. The highest BCUT2D eigenvalue weighted by molar-refractivity contribution is 5.95. The first-order valence-electron chi connectivity index (χ1n) is 8.76. The molecule has 0 atom stereocenters. The van der Waals surface area contributed by atoms with E-state index in [4.69, 9.17) is 4.98 Å². The Bertz CT molecular complexity index is 931. The Morgan fingerprint density at radius 3 is 2.68 bits per heavy atom. The number of amides is 1. The molecule has 0 saturated carbocycles. The first-order chi connectivity index (χ1) is 12.0. The summed E-state index contributed by atoms with van der Waals surface area (Å²) in [5, 5.41) is 4.18. The van der Waals surface area contributed by atoms with Crippen molar-refractivity contribution in [2.45, 2.75) is 32.6 Å². The highest BCUT2D eigenvalue weighted by Crippen LogP contribution is 2.28. The lowest BCUT2D eigenvalue weighted by Crippen LogP contribution is -2.38. The van der Waals surface area contributed by atoms with Crippen LogP contribution in [0.25, 0.3) is 5.52 Å². The predicted molar refractivity (Wildman–Crippen MR) is 95.8 cm³/mol. The van der Waals surface area contributed by atoms with E-state index in [1.54, 1.807) is 10.9 Å². The number of carbonyl (C=O) groups excluding carboxylic acids is 1. The van der Waals surface area contributed by atoms with Gasteiger partial charge in [-0.3, -0.25) is 14.5 Å². The summed E-state index contributed by atoms with van der Waals surface area (Å²) in [5.74, 6) is 0.499. The highest BCUT2D eigenvalue weighted by atomic mass is 16.2. The molecule has 6 heteroatoms. The molecule has 25 heavy (non-hydrogen) atoms. The number of aryl methyl sites for hydroxylation is 2. The number of carbonyl (C=O) groups is 1. The summed E-state index contributed by atoms with van der Waals surface area (Å²) < 4.78 is 3.90. The van der Waals surface area contributed by atoms with E-state index >= 15 is 0 Å². The molecular formula is C19H23N5O. The minimum atomic E-state index is 0.0917. The summed E-state index contributed by atoms with van der Waals surface area (Å²) in [6.45, 7) is 5.53. The van der Waals surface area contributed by atoms with Gasteiger partial charge in [0.1, 0.15) is 0 Å². The number of nitrogens with zero attached hydrogens (tertiary/aromatic N) is 5.